The Bertz CT molecular complexity index is 1070. The summed E-state index contributed by atoms with van der Waals surface area (Å²) in [4.78, 5) is 47.1. The first-order valence-corrected chi connectivity index (χ1v) is 13.3. The van der Waals surface area contributed by atoms with Gasteiger partial charge in [0.15, 0.2) is 5.82 Å². The van der Waals surface area contributed by atoms with Crippen LogP contribution in [0.4, 0.5) is 0 Å². The minimum atomic E-state index is -0.337. The lowest BCUT2D eigenvalue weighted by Gasteiger charge is -2.33. The lowest BCUT2D eigenvalue weighted by atomic mass is 10.00. The van der Waals surface area contributed by atoms with Crippen molar-refractivity contribution in [2.75, 3.05) is 26.2 Å². The zero-order valence-electron chi connectivity index (χ0n) is 20.7. The lowest BCUT2D eigenvalue weighted by molar-refractivity contribution is -0.141. The largest absolute Gasteiger partial charge is 0.356 e. The minimum Gasteiger partial charge on any atom is -0.356 e. The van der Waals surface area contributed by atoms with Crippen molar-refractivity contribution < 1.29 is 18.9 Å². The number of benzene rings is 1. The molecule has 1 aromatic heterocycles. The van der Waals surface area contributed by atoms with Crippen molar-refractivity contribution in [3.05, 3.63) is 47.6 Å². The third kappa shape index (κ3) is 5.60. The van der Waals surface area contributed by atoms with Crippen LogP contribution in [0.2, 0.25) is 0 Å². The summed E-state index contributed by atoms with van der Waals surface area (Å²) in [7, 11) is 0. The molecule has 3 aliphatic rings. The van der Waals surface area contributed by atoms with Gasteiger partial charge in [0.05, 0.1) is 12.5 Å². The first-order chi connectivity index (χ1) is 17.6. The van der Waals surface area contributed by atoms with Crippen LogP contribution in [0, 0.1) is 5.92 Å². The Morgan fingerprint density at radius 1 is 1.03 bits per heavy atom. The van der Waals surface area contributed by atoms with Crippen molar-refractivity contribution >= 4 is 17.7 Å². The second-order valence-electron chi connectivity index (χ2n) is 10.3. The molecule has 0 spiro atoms. The molecule has 3 atom stereocenters. The second-order valence-corrected chi connectivity index (χ2v) is 10.3. The van der Waals surface area contributed by atoms with E-state index in [0.717, 1.165) is 37.7 Å². The van der Waals surface area contributed by atoms with Crippen LogP contribution in [-0.2, 0) is 20.8 Å². The van der Waals surface area contributed by atoms with Gasteiger partial charge in [-0.3, -0.25) is 14.4 Å². The lowest BCUT2D eigenvalue weighted by Crippen LogP contribution is -2.50. The molecule has 0 radical (unpaired) electrons. The first kappa shape index (κ1) is 24.5. The van der Waals surface area contributed by atoms with Crippen LogP contribution in [0.25, 0.3) is 0 Å². The SMILES string of the molecule is O=C1NCCCCCCN(C(=O)CN2CCCC2=O)[C@H]2C[C@H](c3nc(Cc4ccccc4)no3)C[C@@H]12. The van der Waals surface area contributed by atoms with E-state index >= 15 is 0 Å². The van der Waals surface area contributed by atoms with E-state index < -0.39 is 0 Å². The Labute approximate surface area is 211 Å². The highest BCUT2D eigenvalue weighted by atomic mass is 16.5. The Balaban J connectivity index is 1.35. The Hall–Kier alpha value is -3.23. The molecule has 1 N–H and O–H groups in total. The summed E-state index contributed by atoms with van der Waals surface area (Å²) in [6.07, 6.45) is 6.92. The maximum Gasteiger partial charge on any atom is 0.242 e. The predicted octanol–water partition coefficient (Wildman–Crippen LogP) is 2.66. The number of rotatable bonds is 5. The smallest absolute Gasteiger partial charge is 0.242 e. The van der Waals surface area contributed by atoms with Crippen molar-refractivity contribution in [2.45, 2.75) is 69.7 Å². The van der Waals surface area contributed by atoms with E-state index in [-0.39, 0.29) is 42.1 Å². The maximum atomic E-state index is 13.5. The summed E-state index contributed by atoms with van der Waals surface area (Å²) in [6, 6.07) is 9.75. The molecule has 36 heavy (non-hydrogen) atoms. The normalized spacial score (nSPS) is 25.4. The quantitative estimate of drug-likeness (QED) is 0.686. The molecule has 2 aliphatic heterocycles. The topological polar surface area (TPSA) is 109 Å². The molecular weight excluding hydrogens is 458 g/mol. The van der Waals surface area contributed by atoms with E-state index in [2.05, 4.69) is 15.5 Å². The number of aromatic nitrogens is 2. The van der Waals surface area contributed by atoms with Crippen LogP contribution in [0.3, 0.4) is 0 Å². The van der Waals surface area contributed by atoms with E-state index in [4.69, 9.17) is 4.52 Å². The molecule has 1 aromatic carbocycles. The number of hydrogen-bond donors (Lipinski definition) is 1. The van der Waals surface area contributed by atoms with Gasteiger partial charge in [0.2, 0.25) is 23.6 Å². The third-order valence-corrected chi connectivity index (χ3v) is 7.75. The van der Waals surface area contributed by atoms with E-state index in [9.17, 15) is 14.4 Å². The first-order valence-electron chi connectivity index (χ1n) is 13.3. The highest BCUT2D eigenvalue weighted by Gasteiger charge is 2.45. The van der Waals surface area contributed by atoms with Gasteiger partial charge in [0.1, 0.15) is 0 Å². The van der Waals surface area contributed by atoms with E-state index in [1.165, 1.54) is 0 Å². The number of nitrogens with zero attached hydrogens (tertiary/aromatic N) is 4. The molecule has 2 aromatic rings. The van der Waals surface area contributed by atoms with Crippen molar-refractivity contribution in [3.63, 3.8) is 0 Å². The molecule has 2 saturated heterocycles. The minimum absolute atomic E-state index is 0.0107. The average Bonchev–Trinajstić information content (AvgIpc) is 3.61. The Morgan fingerprint density at radius 2 is 1.86 bits per heavy atom. The van der Waals surface area contributed by atoms with Crippen LogP contribution >= 0.6 is 0 Å². The van der Waals surface area contributed by atoms with Crippen LogP contribution in [0.1, 0.15) is 74.6 Å². The van der Waals surface area contributed by atoms with Gasteiger partial charge in [-0.2, -0.15) is 4.98 Å². The van der Waals surface area contributed by atoms with Gasteiger partial charge >= 0.3 is 0 Å². The van der Waals surface area contributed by atoms with Crippen molar-refractivity contribution in [3.8, 4) is 0 Å². The highest BCUT2D eigenvalue weighted by Crippen LogP contribution is 2.41. The fourth-order valence-electron chi connectivity index (χ4n) is 5.83. The summed E-state index contributed by atoms with van der Waals surface area (Å²) in [6.45, 7) is 1.98. The summed E-state index contributed by atoms with van der Waals surface area (Å²) < 4.78 is 5.66. The molecule has 5 rings (SSSR count). The number of carbonyl (C=O) groups is 3. The number of hydrogen-bond acceptors (Lipinski definition) is 6. The molecule has 192 valence electrons. The summed E-state index contributed by atoms with van der Waals surface area (Å²) in [5.74, 6) is 0.694. The van der Waals surface area contributed by atoms with E-state index in [1.54, 1.807) is 4.90 Å². The molecule has 0 bridgehead atoms. The monoisotopic (exact) mass is 493 g/mol. The fraction of sp³-hybridized carbons (Fsp3) is 0.593. The molecule has 1 saturated carbocycles. The zero-order valence-corrected chi connectivity index (χ0v) is 20.7. The summed E-state index contributed by atoms with van der Waals surface area (Å²) >= 11 is 0. The van der Waals surface area contributed by atoms with E-state index in [1.807, 2.05) is 35.2 Å². The molecule has 0 unspecified atom stereocenters. The number of carbonyl (C=O) groups excluding carboxylic acids is 3. The van der Waals surface area contributed by atoms with Gasteiger partial charge in [0.25, 0.3) is 0 Å². The fourth-order valence-corrected chi connectivity index (χ4v) is 5.83. The Kier molecular flexibility index (Phi) is 7.63. The van der Waals surface area contributed by atoms with E-state index in [0.29, 0.717) is 57.0 Å². The molecule has 3 fully saturated rings. The molecule has 9 heteroatoms. The van der Waals surface area contributed by atoms with Crippen molar-refractivity contribution in [1.82, 2.24) is 25.3 Å². The van der Waals surface area contributed by atoms with Crippen LogP contribution in [0.5, 0.6) is 0 Å². The van der Waals surface area contributed by atoms with Gasteiger partial charge in [-0.15, -0.1) is 0 Å². The van der Waals surface area contributed by atoms with Crippen LogP contribution in [0.15, 0.2) is 34.9 Å². The number of fused-ring (bicyclic) bond motifs is 1. The van der Waals surface area contributed by atoms with Crippen LogP contribution < -0.4 is 5.32 Å². The molecule has 3 heterocycles. The Morgan fingerprint density at radius 3 is 2.67 bits per heavy atom. The summed E-state index contributed by atoms with van der Waals surface area (Å²) in [5.41, 5.74) is 1.11. The number of likely N-dealkylation sites (tertiary alicyclic amines) is 1. The maximum absolute atomic E-state index is 13.5. The van der Waals surface area contributed by atoms with Gasteiger partial charge in [-0.05, 0) is 37.7 Å². The number of amides is 3. The average molecular weight is 494 g/mol. The van der Waals surface area contributed by atoms with Crippen molar-refractivity contribution in [1.29, 1.82) is 0 Å². The highest BCUT2D eigenvalue weighted by molar-refractivity contribution is 5.87. The molecule has 3 amide bonds. The molecule has 1 aliphatic carbocycles. The molecule has 9 nitrogen and oxygen atoms in total. The van der Waals surface area contributed by atoms with Gasteiger partial charge < -0.3 is 19.6 Å². The zero-order chi connectivity index (χ0) is 24.9. The van der Waals surface area contributed by atoms with Gasteiger partial charge in [0, 0.05) is 44.4 Å². The van der Waals surface area contributed by atoms with Gasteiger partial charge in [-0.25, -0.2) is 0 Å². The standard InChI is InChI=1S/C27H35N5O4/c33-24-11-8-13-31(24)18-25(34)32-14-7-2-1-6-12-28-26(35)21-16-20(17-22(21)32)27-29-23(30-36-27)15-19-9-4-3-5-10-19/h3-5,9-10,20-22H,1-2,6-8,11-18H2,(H,28,35)/t20-,21-,22+/m1/s1. The second kappa shape index (κ2) is 11.2. The molecular formula is C27H35N5O4. The van der Waals surface area contributed by atoms with Crippen LogP contribution in [-0.4, -0.2) is 69.9 Å². The number of nitrogens with one attached hydrogen (secondary N) is 1. The van der Waals surface area contributed by atoms with Gasteiger partial charge in [-0.1, -0.05) is 48.3 Å². The third-order valence-electron chi connectivity index (χ3n) is 7.75. The van der Waals surface area contributed by atoms with Crippen molar-refractivity contribution in [2.24, 2.45) is 5.92 Å². The predicted molar refractivity (Wildman–Crippen MR) is 132 cm³/mol. The summed E-state index contributed by atoms with van der Waals surface area (Å²) in [5, 5.41) is 7.28.